The summed E-state index contributed by atoms with van der Waals surface area (Å²) in [6, 6.07) is 0.351. The molecule has 0 saturated carbocycles. The Kier molecular flexibility index (Phi) is 3.09. The molecule has 0 amide bonds. The predicted molar refractivity (Wildman–Crippen MR) is 64.9 cm³/mol. The molecule has 2 rings (SSSR count). The highest BCUT2D eigenvalue weighted by molar-refractivity contribution is 5.92. The number of morpholine rings is 1. The molecule has 4 nitrogen and oxygen atoms in total. The van der Waals surface area contributed by atoms with E-state index in [1.54, 1.807) is 0 Å². The normalized spacial score (nSPS) is 40.5. The summed E-state index contributed by atoms with van der Waals surface area (Å²) in [6.07, 6.45) is 0. The van der Waals surface area contributed by atoms with E-state index in [0.717, 1.165) is 0 Å². The van der Waals surface area contributed by atoms with Gasteiger partial charge in [0.15, 0.2) is 5.78 Å². The van der Waals surface area contributed by atoms with Crippen LogP contribution in [-0.2, 0) is 14.3 Å². The van der Waals surface area contributed by atoms with E-state index >= 15 is 0 Å². The molecule has 2 fully saturated rings. The molecule has 2 saturated heterocycles. The van der Waals surface area contributed by atoms with Gasteiger partial charge in [0.1, 0.15) is 5.60 Å². The summed E-state index contributed by atoms with van der Waals surface area (Å²) in [5.41, 5.74) is -1.12. The van der Waals surface area contributed by atoms with Crippen molar-refractivity contribution in [3.05, 3.63) is 0 Å². The maximum Gasteiger partial charge on any atom is 0.171 e. The number of nitrogens with one attached hydrogen (secondary N) is 1. The highest BCUT2D eigenvalue weighted by atomic mass is 16.5. The van der Waals surface area contributed by atoms with Crippen molar-refractivity contribution in [2.75, 3.05) is 13.2 Å². The summed E-state index contributed by atoms with van der Waals surface area (Å²) in [4.78, 5) is 12.4. The Hall–Kier alpha value is -0.450. The van der Waals surface area contributed by atoms with Gasteiger partial charge in [0, 0.05) is 12.1 Å². The second kappa shape index (κ2) is 4.04. The van der Waals surface area contributed by atoms with Crippen molar-refractivity contribution in [2.45, 2.75) is 57.9 Å². The first-order valence-corrected chi connectivity index (χ1v) is 6.32. The van der Waals surface area contributed by atoms with Crippen molar-refractivity contribution in [3.63, 3.8) is 0 Å². The van der Waals surface area contributed by atoms with Gasteiger partial charge < -0.3 is 14.8 Å². The zero-order chi connectivity index (χ0) is 12.8. The minimum absolute atomic E-state index is 0.0584. The standard InChI is InChI=1S/C13H23NO3/c1-8-6-16-7-9(14-8)10-11(15)13(4,5)17-12(10,2)3/h8-10,14H,6-7H2,1-5H3. The topological polar surface area (TPSA) is 47.6 Å². The van der Waals surface area contributed by atoms with Crippen molar-refractivity contribution in [2.24, 2.45) is 5.92 Å². The van der Waals surface area contributed by atoms with Crippen LogP contribution in [0, 0.1) is 5.92 Å². The van der Waals surface area contributed by atoms with Crippen molar-refractivity contribution in [1.29, 1.82) is 0 Å². The molecular formula is C13H23NO3. The molecule has 0 spiro atoms. The van der Waals surface area contributed by atoms with Gasteiger partial charge in [-0.25, -0.2) is 0 Å². The molecule has 0 aromatic carbocycles. The summed E-state index contributed by atoms with van der Waals surface area (Å²) in [5, 5.41) is 3.46. The average molecular weight is 241 g/mol. The van der Waals surface area contributed by atoms with Gasteiger partial charge in [-0.3, -0.25) is 4.79 Å². The Balaban J connectivity index is 2.21. The lowest BCUT2D eigenvalue weighted by molar-refractivity contribution is -0.132. The lowest BCUT2D eigenvalue weighted by Gasteiger charge is -2.36. The van der Waals surface area contributed by atoms with E-state index in [1.807, 2.05) is 27.7 Å². The van der Waals surface area contributed by atoms with E-state index < -0.39 is 11.2 Å². The fraction of sp³-hybridized carbons (Fsp3) is 0.923. The summed E-state index contributed by atoms with van der Waals surface area (Å²) in [5.74, 6) is 0.0398. The highest BCUT2D eigenvalue weighted by Gasteiger charge is 2.56. The van der Waals surface area contributed by atoms with Crippen LogP contribution in [0.5, 0.6) is 0 Å². The minimum atomic E-state index is -0.684. The summed E-state index contributed by atoms with van der Waals surface area (Å²) < 4.78 is 11.5. The number of carbonyl (C=O) groups excluding carboxylic acids is 1. The number of Topliss-reactive ketones (excluding diaryl/α,β-unsaturated/α-hetero) is 1. The fourth-order valence-corrected chi connectivity index (χ4v) is 3.15. The third kappa shape index (κ3) is 2.26. The molecule has 2 heterocycles. The second-order valence-corrected chi connectivity index (χ2v) is 6.27. The van der Waals surface area contributed by atoms with Gasteiger partial charge in [-0.05, 0) is 34.6 Å². The first kappa shape index (κ1) is 13.0. The third-order valence-corrected chi connectivity index (χ3v) is 3.71. The number of ketones is 1. The Morgan fingerprint density at radius 2 is 1.88 bits per heavy atom. The van der Waals surface area contributed by atoms with E-state index in [9.17, 15) is 4.79 Å². The van der Waals surface area contributed by atoms with Gasteiger partial charge >= 0.3 is 0 Å². The number of rotatable bonds is 1. The molecule has 1 N–H and O–H groups in total. The van der Waals surface area contributed by atoms with Crippen LogP contribution < -0.4 is 5.32 Å². The van der Waals surface area contributed by atoms with Gasteiger partial charge in [-0.1, -0.05) is 0 Å². The van der Waals surface area contributed by atoms with E-state index in [0.29, 0.717) is 19.3 Å². The lowest BCUT2D eigenvalue weighted by atomic mass is 9.80. The molecule has 0 aromatic heterocycles. The van der Waals surface area contributed by atoms with Crippen LogP contribution in [0.3, 0.4) is 0 Å². The zero-order valence-electron chi connectivity index (χ0n) is 11.4. The Labute approximate surface area is 103 Å². The molecule has 4 heteroatoms. The first-order valence-electron chi connectivity index (χ1n) is 6.32. The summed E-state index contributed by atoms with van der Waals surface area (Å²) >= 11 is 0. The molecule has 0 bridgehead atoms. The molecule has 3 atom stereocenters. The van der Waals surface area contributed by atoms with Crippen LogP contribution >= 0.6 is 0 Å². The summed E-state index contributed by atoms with van der Waals surface area (Å²) in [7, 11) is 0. The monoisotopic (exact) mass is 241 g/mol. The SMILES string of the molecule is CC1COCC(C2C(=O)C(C)(C)OC2(C)C)N1. The highest BCUT2D eigenvalue weighted by Crippen LogP contribution is 2.41. The quantitative estimate of drug-likeness (QED) is 0.748. The molecule has 0 aromatic rings. The number of ether oxygens (including phenoxy) is 2. The molecule has 3 unspecified atom stereocenters. The second-order valence-electron chi connectivity index (χ2n) is 6.27. The van der Waals surface area contributed by atoms with Gasteiger partial charge in [0.2, 0.25) is 0 Å². The van der Waals surface area contributed by atoms with Gasteiger partial charge in [0.05, 0.1) is 24.7 Å². The van der Waals surface area contributed by atoms with Gasteiger partial charge in [-0.15, -0.1) is 0 Å². The third-order valence-electron chi connectivity index (χ3n) is 3.71. The van der Waals surface area contributed by atoms with Crippen LogP contribution in [0.25, 0.3) is 0 Å². The van der Waals surface area contributed by atoms with Crippen molar-refractivity contribution in [3.8, 4) is 0 Å². The molecular weight excluding hydrogens is 218 g/mol. The molecule has 17 heavy (non-hydrogen) atoms. The van der Waals surface area contributed by atoms with Crippen LogP contribution in [0.2, 0.25) is 0 Å². The van der Waals surface area contributed by atoms with E-state index in [2.05, 4.69) is 12.2 Å². The number of carbonyl (C=O) groups is 1. The minimum Gasteiger partial charge on any atom is -0.378 e. The lowest BCUT2D eigenvalue weighted by Crippen LogP contribution is -2.56. The van der Waals surface area contributed by atoms with Crippen LogP contribution in [0.1, 0.15) is 34.6 Å². The fourth-order valence-electron chi connectivity index (χ4n) is 3.15. The molecule has 2 aliphatic rings. The Bertz CT molecular complexity index is 325. The average Bonchev–Trinajstić information content (AvgIpc) is 2.31. The Morgan fingerprint density at radius 3 is 2.35 bits per heavy atom. The summed E-state index contributed by atoms with van der Waals surface area (Å²) in [6.45, 7) is 11.1. The number of hydrogen-bond donors (Lipinski definition) is 1. The van der Waals surface area contributed by atoms with Gasteiger partial charge in [-0.2, -0.15) is 0 Å². The van der Waals surface area contributed by atoms with Crippen molar-refractivity contribution < 1.29 is 14.3 Å². The molecule has 98 valence electrons. The van der Waals surface area contributed by atoms with Gasteiger partial charge in [0.25, 0.3) is 0 Å². The maximum atomic E-state index is 12.4. The smallest absolute Gasteiger partial charge is 0.171 e. The molecule has 2 aliphatic heterocycles. The van der Waals surface area contributed by atoms with Crippen LogP contribution in [0.4, 0.5) is 0 Å². The predicted octanol–water partition coefficient (Wildman–Crippen LogP) is 1.14. The molecule has 0 radical (unpaired) electrons. The first-order chi connectivity index (χ1) is 7.74. The maximum absolute atomic E-state index is 12.4. The van der Waals surface area contributed by atoms with Crippen molar-refractivity contribution in [1.82, 2.24) is 5.32 Å². The van der Waals surface area contributed by atoms with E-state index in [1.165, 1.54) is 0 Å². The van der Waals surface area contributed by atoms with E-state index in [-0.39, 0.29) is 17.7 Å². The largest absolute Gasteiger partial charge is 0.378 e. The van der Waals surface area contributed by atoms with Crippen LogP contribution in [-0.4, -0.2) is 42.3 Å². The van der Waals surface area contributed by atoms with Crippen LogP contribution in [0.15, 0.2) is 0 Å². The number of hydrogen-bond acceptors (Lipinski definition) is 4. The Morgan fingerprint density at radius 1 is 1.24 bits per heavy atom. The zero-order valence-corrected chi connectivity index (χ0v) is 11.4. The van der Waals surface area contributed by atoms with E-state index in [4.69, 9.17) is 9.47 Å². The molecule has 0 aliphatic carbocycles. The van der Waals surface area contributed by atoms with Crippen molar-refractivity contribution >= 4 is 5.78 Å².